The van der Waals surface area contributed by atoms with Gasteiger partial charge in [0, 0.05) is 6.20 Å². The van der Waals surface area contributed by atoms with Gasteiger partial charge in [-0.2, -0.15) is 0 Å². The number of fused-ring (bicyclic) bond motifs is 2. The van der Waals surface area contributed by atoms with Crippen LogP contribution in [0.4, 0.5) is 9.52 Å². The van der Waals surface area contributed by atoms with Crippen LogP contribution in [0.25, 0.3) is 21.0 Å². The van der Waals surface area contributed by atoms with Crippen LogP contribution in [0.1, 0.15) is 23.0 Å². The molecule has 2 aromatic heterocycles. The lowest BCUT2D eigenvalue weighted by molar-refractivity contribution is 0.0983. The maximum atomic E-state index is 14.4. The smallest absolute Gasteiger partial charge is 0.264 e. The molecule has 164 valence electrons. The Morgan fingerprint density at radius 3 is 2.67 bits per heavy atom. The van der Waals surface area contributed by atoms with Crippen molar-refractivity contribution >= 4 is 43.4 Å². The van der Waals surface area contributed by atoms with Crippen molar-refractivity contribution in [3.63, 3.8) is 0 Å². The molecule has 5 aromatic rings. The maximum Gasteiger partial charge on any atom is 0.264 e. The van der Waals surface area contributed by atoms with Gasteiger partial charge in [-0.1, -0.05) is 53.8 Å². The minimum atomic E-state index is -0.416. The molecule has 0 fully saturated rings. The summed E-state index contributed by atoms with van der Waals surface area (Å²) in [6.45, 7) is 2.49. The van der Waals surface area contributed by atoms with Gasteiger partial charge in [-0.15, -0.1) is 0 Å². The number of para-hydroxylation sites is 1. The molecule has 0 bridgehead atoms. The molecule has 0 N–H and O–H groups in total. The van der Waals surface area contributed by atoms with E-state index in [9.17, 15) is 9.18 Å². The normalized spacial score (nSPS) is 11.1. The van der Waals surface area contributed by atoms with Gasteiger partial charge in [-0.25, -0.2) is 9.37 Å². The number of aromatic nitrogens is 2. The number of carbonyl (C=O) groups is 1. The van der Waals surface area contributed by atoms with Crippen LogP contribution in [0.3, 0.4) is 0 Å². The molecule has 0 spiro atoms. The molecule has 7 heteroatoms. The number of ether oxygens (including phenoxy) is 1. The van der Waals surface area contributed by atoms with Crippen molar-refractivity contribution in [2.75, 3.05) is 11.5 Å². The number of halogens is 1. The topological polar surface area (TPSA) is 55.3 Å². The number of hydrogen-bond acceptors (Lipinski definition) is 5. The van der Waals surface area contributed by atoms with Gasteiger partial charge in [-0.3, -0.25) is 14.7 Å². The van der Waals surface area contributed by atoms with Gasteiger partial charge in [0.25, 0.3) is 5.91 Å². The quantitative estimate of drug-likeness (QED) is 0.303. The summed E-state index contributed by atoms with van der Waals surface area (Å²) >= 11 is 1.27. The number of amides is 1. The van der Waals surface area contributed by atoms with Gasteiger partial charge in [-0.05, 0) is 48.0 Å². The van der Waals surface area contributed by atoms with Crippen LogP contribution < -0.4 is 9.64 Å². The van der Waals surface area contributed by atoms with Crippen molar-refractivity contribution in [2.24, 2.45) is 0 Å². The number of carbonyl (C=O) groups excluding carboxylic acids is 1. The lowest BCUT2D eigenvalue weighted by atomic mass is 10.0. The summed E-state index contributed by atoms with van der Waals surface area (Å²) in [7, 11) is 0. The fraction of sp³-hybridized carbons (Fsp3) is 0.115. The van der Waals surface area contributed by atoms with E-state index in [2.05, 4.69) is 9.97 Å². The highest BCUT2D eigenvalue weighted by Crippen LogP contribution is 2.35. The number of thiazole rings is 1. The van der Waals surface area contributed by atoms with Crippen molar-refractivity contribution in [1.29, 1.82) is 0 Å². The Labute approximate surface area is 194 Å². The summed E-state index contributed by atoms with van der Waals surface area (Å²) < 4.78 is 20.9. The largest absolute Gasteiger partial charge is 0.493 e. The second-order valence-electron chi connectivity index (χ2n) is 7.39. The van der Waals surface area contributed by atoms with Crippen LogP contribution in [0, 0.1) is 5.82 Å². The third-order valence-corrected chi connectivity index (χ3v) is 6.33. The third kappa shape index (κ3) is 4.03. The molecule has 1 amide bonds. The Kier molecular flexibility index (Phi) is 5.71. The fourth-order valence-electron chi connectivity index (χ4n) is 3.78. The lowest BCUT2D eigenvalue weighted by Gasteiger charge is -2.22. The van der Waals surface area contributed by atoms with Crippen molar-refractivity contribution < 1.29 is 13.9 Å². The minimum Gasteiger partial charge on any atom is -0.493 e. The number of anilines is 1. The van der Waals surface area contributed by atoms with Gasteiger partial charge in [0.2, 0.25) is 0 Å². The first-order valence-corrected chi connectivity index (χ1v) is 11.4. The third-order valence-electron chi connectivity index (χ3n) is 5.29. The van der Waals surface area contributed by atoms with Crippen molar-refractivity contribution in [3.05, 3.63) is 96.1 Å². The highest BCUT2D eigenvalue weighted by Gasteiger charge is 2.27. The molecular formula is C26H20FN3O2S. The second-order valence-corrected chi connectivity index (χ2v) is 8.40. The van der Waals surface area contributed by atoms with E-state index < -0.39 is 5.82 Å². The number of benzene rings is 3. The number of pyridine rings is 1. The molecule has 0 atom stereocenters. The molecule has 0 saturated heterocycles. The molecule has 0 unspecified atom stereocenters. The van der Waals surface area contributed by atoms with E-state index in [1.807, 2.05) is 61.5 Å². The highest BCUT2D eigenvalue weighted by molar-refractivity contribution is 7.22. The Balaban J connectivity index is 1.69. The second kappa shape index (κ2) is 8.96. The maximum absolute atomic E-state index is 14.4. The van der Waals surface area contributed by atoms with E-state index >= 15 is 0 Å². The summed E-state index contributed by atoms with van der Waals surface area (Å²) in [6, 6.07) is 21.8. The van der Waals surface area contributed by atoms with Crippen LogP contribution in [0.15, 0.2) is 79.0 Å². The molecule has 0 aliphatic heterocycles. The zero-order valence-electron chi connectivity index (χ0n) is 17.9. The fourth-order valence-corrected chi connectivity index (χ4v) is 4.76. The summed E-state index contributed by atoms with van der Waals surface area (Å²) in [6.07, 6.45) is 1.68. The summed E-state index contributed by atoms with van der Waals surface area (Å²) in [4.78, 5) is 24.5. The van der Waals surface area contributed by atoms with Crippen LogP contribution in [-0.2, 0) is 6.54 Å². The van der Waals surface area contributed by atoms with E-state index in [-0.39, 0.29) is 18.0 Å². The molecule has 33 heavy (non-hydrogen) atoms. The van der Waals surface area contributed by atoms with Crippen LogP contribution in [0.2, 0.25) is 0 Å². The van der Waals surface area contributed by atoms with Crippen LogP contribution in [-0.4, -0.2) is 22.5 Å². The minimum absolute atomic E-state index is 0.190. The Morgan fingerprint density at radius 1 is 1.03 bits per heavy atom. The first kappa shape index (κ1) is 21.0. The monoisotopic (exact) mass is 457 g/mol. The molecule has 3 aromatic carbocycles. The molecular weight excluding hydrogens is 437 g/mol. The summed E-state index contributed by atoms with van der Waals surface area (Å²) in [5.41, 5.74) is 1.40. The molecule has 5 nitrogen and oxygen atoms in total. The van der Waals surface area contributed by atoms with E-state index in [0.29, 0.717) is 33.4 Å². The zero-order valence-corrected chi connectivity index (χ0v) is 18.7. The van der Waals surface area contributed by atoms with Gasteiger partial charge >= 0.3 is 0 Å². The first-order valence-electron chi connectivity index (χ1n) is 10.6. The highest BCUT2D eigenvalue weighted by atomic mass is 32.1. The number of nitrogens with zero attached hydrogens (tertiary/aromatic N) is 3. The first-order chi connectivity index (χ1) is 16.2. The van der Waals surface area contributed by atoms with Crippen LogP contribution in [0.5, 0.6) is 5.75 Å². The van der Waals surface area contributed by atoms with E-state index in [1.54, 1.807) is 23.2 Å². The number of rotatable bonds is 6. The molecule has 2 heterocycles. The molecule has 5 rings (SSSR count). The van der Waals surface area contributed by atoms with E-state index in [4.69, 9.17) is 4.74 Å². The molecule has 0 aliphatic rings. The van der Waals surface area contributed by atoms with Gasteiger partial charge in [0.05, 0.1) is 29.1 Å². The van der Waals surface area contributed by atoms with E-state index in [1.165, 1.54) is 17.4 Å². The van der Waals surface area contributed by atoms with Crippen LogP contribution >= 0.6 is 11.3 Å². The summed E-state index contributed by atoms with van der Waals surface area (Å²) in [5, 5.41) is 2.12. The average Bonchev–Trinajstić information content (AvgIpc) is 3.28. The van der Waals surface area contributed by atoms with Gasteiger partial charge in [0.15, 0.2) is 5.13 Å². The molecule has 0 radical (unpaired) electrons. The lowest BCUT2D eigenvalue weighted by Crippen LogP contribution is -2.31. The van der Waals surface area contributed by atoms with Gasteiger partial charge < -0.3 is 4.74 Å². The zero-order chi connectivity index (χ0) is 22.8. The Morgan fingerprint density at radius 2 is 1.88 bits per heavy atom. The standard InChI is InChI=1S/C26H20FN3O2S/c1-2-32-21-14-13-17-8-3-4-10-19(17)23(21)25(31)30(16-18-9-5-6-15-28-18)26-29-24-20(27)11-7-12-22(24)33-26/h3-15H,2,16H2,1H3. The summed E-state index contributed by atoms with van der Waals surface area (Å²) in [5.74, 6) is -0.194. The van der Waals surface area contributed by atoms with Gasteiger partial charge in [0.1, 0.15) is 17.1 Å². The SMILES string of the molecule is CCOc1ccc2ccccc2c1C(=O)N(Cc1ccccn1)c1nc2c(F)cccc2s1. The predicted molar refractivity (Wildman–Crippen MR) is 129 cm³/mol. The average molecular weight is 458 g/mol. The van der Waals surface area contributed by atoms with Crippen molar-refractivity contribution in [1.82, 2.24) is 9.97 Å². The van der Waals surface area contributed by atoms with Crippen molar-refractivity contribution in [3.8, 4) is 5.75 Å². The Bertz CT molecular complexity index is 1450. The Hall–Kier alpha value is -3.84. The van der Waals surface area contributed by atoms with Crippen molar-refractivity contribution in [2.45, 2.75) is 13.5 Å². The van der Waals surface area contributed by atoms with E-state index in [0.717, 1.165) is 10.8 Å². The number of hydrogen-bond donors (Lipinski definition) is 0. The predicted octanol–water partition coefficient (Wildman–Crippen LogP) is 6.23. The molecule has 0 saturated carbocycles. The molecule has 0 aliphatic carbocycles.